The van der Waals surface area contributed by atoms with Gasteiger partial charge in [0.1, 0.15) is 5.69 Å². The lowest BCUT2D eigenvalue weighted by Gasteiger charge is -2.39. The van der Waals surface area contributed by atoms with Crippen LogP contribution in [-0.2, 0) is 0 Å². The molecule has 2 rings (SSSR count). The van der Waals surface area contributed by atoms with Crippen molar-refractivity contribution in [2.24, 2.45) is 5.41 Å². The zero-order valence-electron chi connectivity index (χ0n) is 11.9. The van der Waals surface area contributed by atoms with Crippen LogP contribution in [0.25, 0.3) is 0 Å². The first kappa shape index (κ1) is 15.0. The van der Waals surface area contributed by atoms with E-state index in [1.807, 2.05) is 0 Å². The Bertz CT molecular complexity index is 533. The van der Waals surface area contributed by atoms with Gasteiger partial charge in [-0.05, 0) is 36.8 Å². The summed E-state index contributed by atoms with van der Waals surface area (Å²) in [6, 6.07) is 0.153. The molecule has 0 amide bonds. The van der Waals surface area contributed by atoms with Gasteiger partial charge in [-0.2, -0.15) is 4.98 Å². The van der Waals surface area contributed by atoms with Crippen LogP contribution in [0.3, 0.4) is 0 Å². The van der Waals surface area contributed by atoms with Gasteiger partial charge in [0.2, 0.25) is 11.1 Å². The number of aryl methyl sites for hydroxylation is 1. The molecule has 7 heteroatoms. The van der Waals surface area contributed by atoms with Crippen molar-refractivity contribution >= 4 is 23.1 Å². The fourth-order valence-electron chi connectivity index (χ4n) is 2.78. The molecule has 0 saturated heterocycles. The Hall–Kier alpha value is -1.43. The first-order chi connectivity index (χ1) is 9.31. The van der Waals surface area contributed by atoms with E-state index in [0.29, 0.717) is 0 Å². The predicted octanol–water partition coefficient (Wildman–Crippen LogP) is 3.73. The Morgan fingerprint density at radius 2 is 2.10 bits per heavy atom. The van der Waals surface area contributed by atoms with Gasteiger partial charge in [0, 0.05) is 6.04 Å². The lowest BCUT2D eigenvalue weighted by Crippen LogP contribution is -2.39. The zero-order chi connectivity index (χ0) is 14.9. The second-order valence-corrected chi connectivity index (χ2v) is 6.30. The molecule has 0 aromatic carbocycles. The number of anilines is 1. The maximum Gasteiger partial charge on any atom is 0.332 e. The van der Waals surface area contributed by atoms with Gasteiger partial charge in [0.15, 0.2) is 0 Å². The molecule has 0 spiro atoms. The van der Waals surface area contributed by atoms with E-state index in [2.05, 4.69) is 29.1 Å². The second-order valence-electron chi connectivity index (χ2n) is 5.96. The largest absolute Gasteiger partial charge is 0.361 e. The summed E-state index contributed by atoms with van der Waals surface area (Å²) in [5, 5.41) is 14.5. The highest BCUT2D eigenvalue weighted by Crippen LogP contribution is 2.38. The number of hydrogen-bond donors (Lipinski definition) is 1. The summed E-state index contributed by atoms with van der Waals surface area (Å²) >= 11 is 5.83. The standard InChI is InChI=1S/C13H19ClN4O2/c1-8-10(18(19)20)11(17-12(14)15-8)16-9-6-4-5-7-13(9,2)3/h9H,4-7H2,1-3H3,(H,15,16,17). The highest BCUT2D eigenvalue weighted by Gasteiger charge is 2.34. The maximum atomic E-state index is 11.2. The third kappa shape index (κ3) is 3.00. The summed E-state index contributed by atoms with van der Waals surface area (Å²) < 4.78 is 0. The van der Waals surface area contributed by atoms with E-state index in [1.54, 1.807) is 6.92 Å². The lowest BCUT2D eigenvalue weighted by atomic mass is 9.73. The van der Waals surface area contributed by atoms with Crippen LogP contribution in [0.2, 0.25) is 5.28 Å². The van der Waals surface area contributed by atoms with Gasteiger partial charge < -0.3 is 5.32 Å². The average molecular weight is 299 g/mol. The average Bonchev–Trinajstić information content (AvgIpc) is 2.30. The molecule has 1 heterocycles. The third-order valence-electron chi connectivity index (χ3n) is 4.03. The molecule has 1 aromatic rings. The van der Waals surface area contributed by atoms with Crippen molar-refractivity contribution in [3.05, 3.63) is 21.1 Å². The number of aromatic nitrogens is 2. The highest BCUT2D eigenvalue weighted by atomic mass is 35.5. The summed E-state index contributed by atoms with van der Waals surface area (Å²) in [5.74, 6) is 0.229. The molecular weight excluding hydrogens is 280 g/mol. The van der Waals surface area contributed by atoms with Crippen LogP contribution < -0.4 is 5.32 Å². The number of hydrogen-bond acceptors (Lipinski definition) is 5. The highest BCUT2D eigenvalue weighted by molar-refractivity contribution is 6.28. The second kappa shape index (κ2) is 5.52. The summed E-state index contributed by atoms with van der Waals surface area (Å²) in [6.45, 7) is 5.92. The normalized spacial score (nSPS) is 21.5. The molecule has 6 nitrogen and oxygen atoms in total. The minimum absolute atomic E-state index is 0.0317. The van der Waals surface area contributed by atoms with Crippen molar-refractivity contribution in [2.45, 2.75) is 52.5 Å². The number of nitrogens with one attached hydrogen (secondary N) is 1. The Kier molecular flexibility index (Phi) is 4.13. The number of rotatable bonds is 3. The molecule has 0 bridgehead atoms. The van der Waals surface area contributed by atoms with Crippen LogP contribution >= 0.6 is 11.6 Å². The predicted molar refractivity (Wildman–Crippen MR) is 78.1 cm³/mol. The van der Waals surface area contributed by atoms with E-state index in [-0.39, 0.29) is 33.9 Å². The van der Waals surface area contributed by atoms with Crippen LogP contribution in [0.15, 0.2) is 0 Å². The molecule has 1 saturated carbocycles. The number of nitrogens with zero attached hydrogens (tertiary/aromatic N) is 3. The number of halogens is 1. The Morgan fingerprint density at radius 1 is 1.40 bits per heavy atom. The van der Waals surface area contributed by atoms with Crippen LogP contribution in [0.4, 0.5) is 11.5 Å². The van der Waals surface area contributed by atoms with Gasteiger partial charge in [-0.25, -0.2) is 4.98 Å². The lowest BCUT2D eigenvalue weighted by molar-refractivity contribution is -0.385. The molecular formula is C13H19ClN4O2. The van der Waals surface area contributed by atoms with Gasteiger partial charge in [-0.1, -0.05) is 26.7 Å². The van der Waals surface area contributed by atoms with Crippen molar-refractivity contribution in [3.8, 4) is 0 Å². The summed E-state index contributed by atoms with van der Waals surface area (Å²) in [7, 11) is 0. The molecule has 1 atom stereocenters. The molecule has 20 heavy (non-hydrogen) atoms. The van der Waals surface area contributed by atoms with Crippen LogP contribution in [-0.4, -0.2) is 20.9 Å². The van der Waals surface area contributed by atoms with Crippen molar-refractivity contribution in [2.75, 3.05) is 5.32 Å². The van der Waals surface area contributed by atoms with Gasteiger partial charge in [-0.3, -0.25) is 10.1 Å². The molecule has 1 aliphatic rings. The molecule has 110 valence electrons. The first-order valence-electron chi connectivity index (χ1n) is 6.76. The smallest absolute Gasteiger partial charge is 0.332 e. The molecule has 0 aliphatic heterocycles. The van der Waals surface area contributed by atoms with Crippen molar-refractivity contribution in [1.82, 2.24) is 9.97 Å². The zero-order valence-corrected chi connectivity index (χ0v) is 12.7. The molecule has 1 aliphatic carbocycles. The van der Waals surface area contributed by atoms with E-state index in [1.165, 1.54) is 6.42 Å². The van der Waals surface area contributed by atoms with Gasteiger partial charge >= 0.3 is 5.69 Å². The molecule has 0 radical (unpaired) electrons. The number of nitro groups is 1. The van der Waals surface area contributed by atoms with E-state index < -0.39 is 4.92 Å². The van der Waals surface area contributed by atoms with Crippen molar-refractivity contribution in [3.63, 3.8) is 0 Å². The minimum atomic E-state index is -0.455. The molecule has 1 unspecified atom stereocenters. The fourth-order valence-corrected chi connectivity index (χ4v) is 2.99. The molecule has 1 fully saturated rings. The van der Waals surface area contributed by atoms with Gasteiger partial charge in [-0.15, -0.1) is 0 Å². The maximum absolute atomic E-state index is 11.2. The van der Waals surface area contributed by atoms with Crippen LogP contribution in [0, 0.1) is 22.5 Å². The summed E-state index contributed by atoms with van der Waals surface area (Å²) in [6.07, 6.45) is 4.38. The van der Waals surface area contributed by atoms with Crippen molar-refractivity contribution in [1.29, 1.82) is 0 Å². The van der Waals surface area contributed by atoms with Gasteiger partial charge in [0.05, 0.1) is 4.92 Å². The molecule has 1 N–H and O–H groups in total. The Morgan fingerprint density at radius 3 is 2.70 bits per heavy atom. The minimum Gasteiger partial charge on any atom is -0.361 e. The SMILES string of the molecule is Cc1nc(Cl)nc(NC2CCCCC2(C)C)c1[N+](=O)[O-]. The van der Waals surface area contributed by atoms with E-state index in [4.69, 9.17) is 11.6 Å². The summed E-state index contributed by atoms with van der Waals surface area (Å²) in [5.41, 5.74) is 0.277. The van der Waals surface area contributed by atoms with Crippen LogP contribution in [0.5, 0.6) is 0 Å². The van der Waals surface area contributed by atoms with Crippen LogP contribution in [0.1, 0.15) is 45.2 Å². The van der Waals surface area contributed by atoms with E-state index in [9.17, 15) is 10.1 Å². The monoisotopic (exact) mass is 298 g/mol. The van der Waals surface area contributed by atoms with Crippen molar-refractivity contribution < 1.29 is 4.92 Å². The first-order valence-corrected chi connectivity index (χ1v) is 7.14. The molecule has 1 aromatic heterocycles. The summed E-state index contributed by atoms with van der Waals surface area (Å²) in [4.78, 5) is 18.6. The topological polar surface area (TPSA) is 81.0 Å². The van der Waals surface area contributed by atoms with Gasteiger partial charge in [0.25, 0.3) is 0 Å². The fraction of sp³-hybridized carbons (Fsp3) is 0.692. The van der Waals surface area contributed by atoms with E-state index in [0.717, 1.165) is 19.3 Å². The third-order valence-corrected chi connectivity index (χ3v) is 4.20. The van der Waals surface area contributed by atoms with E-state index >= 15 is 0 Å². The Balaban J connectivity index is 2.35. The Labute approximate surface area is 123 Å². The quantitative estimate of drug-likeness (QED) is 0.522.